The maximum atomic E-state index is 10.2. The molecular weight excluding hydrogens is 254 g/mol. The first-order chi connectivity index (χ1) is 9.22. The molecule has 1 N–H and O–H groups in total. The Morgan fingerprint density at radius 1 is 1.37 bits per heavy atom. The highest BCUT2D eigenvalue weighted by Crippen LogP contribution is 2.32. The molecule has 0 radical (unpaired) electrons. The first-order valence-electron chi connectivity index (χ1n) is 7.65. The third kappa shape index (κ3) is 4.30. The van der Waals surface area contributed by atoms with E-state index < -0.39 is 0 Å². The van der Waals surface area contributed by atoms with Crippen molar-refractivity contribution in [1.82, 2.24) is 4.90 Å². The molecule has 2 nitrogen and oxygen atoms in total. The third-order valence-corrected chi connectivity index (χ3v) is 5.39. The molecular formula is C16H27NOS. The van der Waals surface area contributed by atoms with Gasteiger partial charge in [0, 0.05) is 18.0 Å². The van der Waals surface area contributed by atoms with Gasteiger partial charge in [0.1, 0.15) is 0 Å². The summed E-state index contributed by atoms with van der Waals surface area (Å²) in [6.07, 6.45) is 4.60. The summed E-state index contributed by atoms with van der Waals surface area (Å²) < 4.78 is 0. The van der Waals surface area contributed by atoms with Gasteiger partial charge in [-0.05, 0) is 49.1 Å². The molecule has 0 bridgehead atoms. The van der Waals surface area contributed by atoms with Crippen molar-refractivity contribution >= 4 is 11.3 Å². The van der Waals surface area contributed by atoms with E-state index in [1.807, 2.05) is 11.3 Å². The quantitative estimate of drug-likeness (QED) is 0.858. The standard InChI is InChI=1S/C16H27NOS/c1-3-13-7-8-16(18)14(10-13)11-17(4-2)12-15-6-5-9-19-15/h5-6,9,13-14,16,18H,3-4,7-8,10-12H2,1-2H3. The Morgan fingerprint density at radius 2 is 2.21 bits per heavy atom. The van der Waals surface area contributed by atoms with Gasteiger partial charge in [0.15, 0.2) is 0 Å². The SMILES string of the molecule is CCC1CCC(O)C(CN(CC)Cc2cccs2)C1. The van der Waals surface area contributed by atoms with Crippen LogP contribution in [-0.4, -0.2) is 29.2 Å². The van der Waals surface area contributed by atoms with Gasteiger partial charge in [-0.1, -0.05) is 26.3 Å². The van der Waals surface area contributed by atoms with Crippen LogP contribution < -0.4 is 0 Å². The maximum absolute atomic E-state index is 10.2. The minimum Gasteiger partial charge on any atom is -0.393 e. The first kappa shape index (κ1) is 15.0. The highest BCUT2D eigenvalue weighted by atomic mass is 32.1. The summed E-state index contributed by atoms with van der Waals surface area (Å²) in [7, 11) is 0. The summed E-state index contributed by atoms with van der Waals surface area (Å²) in [5.74, 6) is 1.30. The van der Waals surface area contributed by atoms with Crippen LogP contribution in [0.4, 0.5) is 0 Å². The molecule has 1 aromatic rings. The molecule has 0 amide bonds. The highest BCUT2D eigenvalue weighted by Gasteiger charge is 2.29. The monoisotopic (exact) mass is 281 g/mol. The summed E-state index contributed by atoms with van der Waals surface area (Å²) >= 11 is 1.83. The largest absolute Gasteiger partial charge is 0.393 e. The lowest BCUT2D eigenvalue weighted by atomic mass is 9.78. The second-order valence-corrected chi connectivity index (χ2v) is 6.85. The lowest BCUT2D eigenvalue weighted by molar-refractivity contribution is 0.0263. The van der Waals surface area contributed by atoms with Crippen molar-refractivity contribution in [2.75, 3.05) is 13.1 Å². The number of thiophene rings is 1. The zero-order valence-electron chi connectivity index (χ0n) is 12.2. The minimum atomic E-state index is -0.0832. The zero-order valence-corrected chi connectivity index (χ0v) is 13.0. The van der Waals surface area contributed by atoms with Crippen molar-refractivity contribution in [3.63, 3.8) is 0 Å². The van der Waals surface area contributed by atoms with Gasteiger partial charge in [-0.15, -0.1) is 11.3 Å². The van der Waals surface area contributed by atoms with Crippen molar-refractivity contribution < 1.29 is 5.11 Å². The first-order valence-corrected chi connectivity index (χ1v) is 8.53. The van der Waals surface area contributed by atoms with Gasteiger partial charge in [-0.25, -0.2) is 0 Å². The number of hydrogen-bond acceptors (Lipinski definition) is 3. The Morgan fingerprint density at radius 3 is 2.84 bits per heavy atom. The topological polar surface area (TPSA) is 23.5 Å². The highest BCUT2D eigenvalue weighted by molar-refractivity contribution is 7.09. The Bertz CT molecular complexity index is 352. The number of aliphatic hydroxyl groups excluding tert-OH is 1. The van der Waals surface area contributed by atoms with E-state index in [9.17, 15) is 5.11 Å². The number of aliphatic hydroxyl groups is 1. The van der Waals surface area contributed by atoms with E-state index in [1.165, 1.54) is 24.1 Å². The maximum Gasteiger partial charge on any atom is 0.0580 e. The molecule has 3 heteroatoms. The van der Waals surface area contributed by atoms with Crippen LogP contribution in [0.25, 0.3) is 0 Å². The molecule has 1 saturated carbocycles. The summed E-state index contributed by atoms with van der Waals surface area (Å²) in [6, 6.07) is 4.33. The van der Waals surface area contributed by atoms with Gasteiger partial charge in [0.25, 0.3) is 0 Å². The lowest BCUT2D eigenvalue weighted by Gasteiger charge is -2.36. The molecule has 1 aromatic heterocycles. The zero-order chi connectivity index (χ0) is 13.7. The third-order valence-electron chi connectivity index (χ3n) is 4.53. The van der Waals surface area contributed by atoms with Crippen molar-refractivity contribution in [2.45, 2.75) is 52.2 Å². The van der Waals surface area contributed by atoms with E-state index in [-0.39, 0.29) is 6.10 Å². The van der Waals surface area contributed by atoms with Crippen LogP contribution in [0.2, 0.25) is 0 Å². The van der Waals surface area contributed by atoms with E-state index in [4.69, 9.17) is 0 Å². The number of rotatable bonds is 6. The van der Waals surface area contributed by atoms with Gasteiger partial charge < -0.3 is 5.11 Å². The van der Waals surface area contributed by atoms with Crippen LogP contribution in [0.5, 0.6) is 0 Å². The summed E-state index contributed by atoms with van der Waals surface area (Å²) in [5, 5.41) is 12.4. The molecule has 1 aliphatic carbocycles. The summed E-state index contributed by atoms with van der Waals surface area (Å²) in [4.78, 5) is 3.91. The van der Waals surface area contributed by atoms with Crippen LogP contribution >= 0.6 is 11.3 Å². The predicted octanol–water partition coefficient (Wildman–Crippen LogP) is 3.76. The molecule has 2 rings (SSSR count). The van der Waals surface area contributed by atoms with Gasteiger partial charge >= 0.3 is 0 Å². The van der Waals surface area contributed by atoms with Gasteiger partial charge in [-0.2, -0.15) is 0 Å². The Labute approximate surface area is 121 Å². The fourth-order valence-corrected chi connectivity index (χ4v) is 3.92. The Hall–Kier alpha value is -0.380. The fraction of sp³-hybridized carbons (Fsp3) is 0.750. The molecule has 0 aliphatic heterocycles. The fourth-order valence-electron chi connectivity index (χ4n) is 3.17. The van der Waals surface area contributed by atoms with Crippen LogP contribution in [0.3, 0.4) is 0 Å². The normalized spacial score (nSPS) is 27.9. The number of nitrogens with zero attached hydrogens (tertiary/aromatic N) is 1. The van der Waals surface area contributed by atoms with E-state index in [0.717, 1.165) is 32.0 Å². The van der Waals surface area contributed by atoms with Crippen LogP contribution in [-0.2, 0) is 6.54 Å². The molecule has 108 valence electrons. The van der Waals surface area contributed by atoms with Crippen molar-refractivity contribution in [2.24, 2.45) is 11.8 Å². The molecule has 3 unspecified atom stereocenters. The van der Waals surface area contributed by atoms with Crippen molar-refractivity contribution in [3.8, 4) is 0 Å². The van der Waals surface area contributed by atoms with Crippen LogP contribution in [0, 0.1) is 11.8 Å². The van der Waals surface area contributed by atoms with E-state index in [0.29, 0.717) is 5.92 Å². The molecule has 3 atom stereocenters. The average Bonchev–Trinajstić information content (AvgIpc) is 2.93. The van der Waals surface area contributed by atoms with E-state index in [1.54, 1.807) is 0 Å². The molecule has 0 aromatic carbocycles. The molecule has 1 fully saturated rings. The van der Waals surface area contributed by atoms with E-state index in [2.05, 4.69) is 36.3 Å². The second-order valence-electron chi connectivity index (χ2n) is 5.82. The van der Waals surface area contributed by atoms with Crippen molar-refractivity contribution in [3.05, 3.63) is 22.4 Å². The van der Waals surface area contributed by atoms with Gasteiger partial charge in [-0.3, -0.25) is 4.90 Å². The molecule has 1 heterocycles. The minimum absolute atomic E-state index is 0.0832. The Balaban J connectivity index is 1.89. The molecule has 0 saturated heterocycles. The van der Waals surface area contributed by atoms with E-state index >= 15 is 0 Å². The Kier molecular flexibility index (Phi) is 5.86. The lowest BCUT2D eigenvalue weighted by Crippen LogP contribution is -2.38. The van der Waals surface area contributed by atoms with Crippen LogP contribution in [0.15, 0.2) is 17.5 Å². The summed E-state index contributed by atoms with van der Waals surface area (Å²) in [6.45, 7) is 7.65. The van der Waals surface area contributed by atoms with Crippen molar-refractivity contribution in [1.29, 1.82) is 0 Å². The second kappa shape index (κ2) is 7.41. The predicted molar refractivity (Wildman–Crippen MR) is 82.4 cm³/mol. The van der Waals surface area contributed by atoms with Gasteiger partial charge in [0.2, 0.25) is 0 Å². The molecule has 1 aliphatic rings. The number of hydrogen-bond donors (Lipinski definition) is 1. The smallest absolute Gasteiger partial charge is 0.0580 e. The average molecular weight is 281 g/mol. The molecule has 0 spiro atoms. The summed E-state index contributed by atoms with van der Waals surface area (Å²) in [5.41, 5.74) is 0. The molecule has 19 heavy (non-hydrogen) atoms. The van der Waals surface area contributed by atoms with Gasteiger partial charge in [0.05, 0.1) is 6.10 Å². The van der Waals surface area contributed by atoms with Crippen LogP contribution in [0.1, 0.15) is 44.4 Å².